The fourth-order valence-electron chi connectivity index (χ4n) is 3.76. The maximum absolute atomic E-state index is 12.6. The highest BCUT2D eigenvalue weighted by Crippen LogP contribution is 2.29. The zero-order valence-electron chi connectivity index (χ0n) is 21.7. The van der Waals surface area contributed by atoms with Gasteiger partial charge in [-0.3, -0.25) is 4.79 Å². The Labute approximate surface area is 260 Å². The Balaban J connectivity index is 1.14. The van der Waals surface area contributed by atoms with Crippen molar-refractivity contribution in [1.29, 1.82) is 0 Å². The molecular weight excluding hydrogens is 643 g/mol. The number of anilines is 2. The zero-order valence-corrected chi connectivity index (χ0v) is 25.6. The van der Waals surface area contributed by atoms with Crippen LogP contribution in [-0.4, -0.2) is 17.1 Å². The molecule has 41 heavy (non-hydrogen) atoms. The fourth-order valence-corrected chi connectivity index (χ4v) is 5.47. The highest BCUT2D eigenvalue weighted by atomic mass is 79.9. The molecule has 0 aliphatic rings. The van der Waals surface area contributed by atoms with E-state index in [4.69, 9.17) is 27.9 Å². The van der Waals surface area contributed by atoms with Gasteiger partial charge in [0.25, 0.3) is 5.91 Å². The van der Waals surface area contributed by atoms with Crippen LogP contribution in [0.25, 0.3) is 11.3 Å². The molecule has 0 radical (unpaired) electrons. The average Bonchev–Trinajstić information content (AvgIpc) is 3.43. The number of aromatic nitrogens is 1. The SMILES string of the molecule is Cc1ccc(Nc2nc(-c3ccc(C(=O)N/N=C\c4ccc(OCc5ccc(Cl)cc5Cl)c(Br)c4)cc3)cs2)cc1. The summed E-state index contributed by atoms with van der Waals surface area (Å²) >= 11 is 17.2. The van der Waals surface area contributed by atoms with Crippen molar-refractivity contribution >= 4 is 73.4 Å². The average molecular weight is 666 g/mol. The minimum absolute atomic E-state index is 0.296. The molecule has 0 unspecified atom stereocenters. The molecule has 0 spiro atoms. The molecule has 2 N–H and O–H groups in total. The van der Waals surface area contributed by atoms with Gasteiger partial charge in [-0.25, -0.2) is 10.4 Å². The van der Waals surface area contributed by atoms with Gasteiger partial charge in [-0.15, -0.1) is 11.3 Å². The first-order valence-electron chi connectivity index (χ1n) is 12.4. The smallest absolute Gasteiger partial charge is 0.271 e. The van der Waals surface area contributed by atoms with Crippen molar-refractivity contribution in [2.75, 3.05) is 5.32 Å². The highest BCUT2D eigenvalue weighted by molar-refractivity contribution is 9.10. The number of hydrogen-bond donors (Lipinski definition) is 2. The number of carbonyl (C=O) groups is 1. The monoisotopic (exact) mass is 664 g/mol. The van der Waals surface area contributed by atoms with Crippen LogP contribution in [0.3, 0.4) is 0 Å². The quantitative estimate of drug-likeness (QED) is 0.122. The fraction of sp³-hybridized carbons (Fsp3) is 0.0645. The molecule has 1 amide bonds. The first-order chi connectivity index (χ1) is 19.8. The van der Waals surface area contributed by atoms with E-state index in [1.165, 1.54) is 16.9 Å². The lowest BCUT2D eigenvalue weighted by Gasteiger charge is -2.10. The summed E-state index contributed by atoms with van der Waals surface area (Å²) in [4.78, 5) is 17.3. The van der Waals surface area contributed by atoms with Gasteiger partial charge in [0.1, 0.15) is 12.4 Å². The minimum atomic E-state index is -0.313. The Morgan fingerprint density at radius 2 is 1.80 bits per heavy atom. The van der Waals surface area contributed by atoms with Crippen LogP contribution in [0.2, 0.25) is 10.0 Å². The number of rotatable bonds is 9. The van der Waals surface area contributed by atoms with Crippen LogP contribution in [0.1, 0.15) is 27.0 Å². The van der Waals surface area contributed by atoms with Crippen molar-refractivity contribution in [1.82, 2.24) is 10.4 Å². The van der Waals surface area contributed by atoms with Gasteiger partial charge in [-0.1, -0.05) is 59.1 Å². The molecule has 206 valence electrons. The molecule has 0 fully saturated rings. The van der Waals surface area contributed by atoms with Crippen LogP contribution < -0.4 is 15.5 Å². The van der Waals surface area contributed by atoms with Gasteiger partial charge >= 0.3 is 0 Å². The number of hydrazone groups is 1. The number of amides is 1. The maximum Gasteiger partial charge on any atom is 0.271 e. The zero-order chi connectivity index (χ0) is 28.8. The van der Waals surface area contributed by atoms with Gasteiger partial charge in [-0.05, 0) is 83.0 Å². The van der Waals surface area contributed by atoms with Gasteiger partial charge in [0.15, 0.2) is 5.13 Å². The third kappa shape index (κ3) is 7.74. The third-order valence-corrected chi connectivity index (χ3v) is 7.95. The normalized spacial score (nSPS) is 11.0. The van der Waals surface area contributed by atoms with E-state index < -0.39 is 0 Å². The Morgan fingerprint density at radius 3 is 2.54 bits per heavy atom. The minimum Gasteiger partial charge on any atom is -0.488 e. The Hall–Kier alpha value is -3.69. The third-order valence-electron chi connectivity index (χ3n) is 5.98. The molecule has 10 heteroatoms. The molecule has 0 aliphatic carbocycles. The summed E-state index contributed by atoms with van der Waals surface area (Å²) in [6.45, 7) is 2.35. The summed E-state index contributed by atoms with van der Waals surface area (Å²) in [6.07, 6.45) is 1.56. The Morgan fingerprint density at radius 1 is 1.02 bits per heavy atom. The number of carbonyl (C=O) groups excluding carboxylic acids is 1. The first-order valence-corrected chi connectivity index (χ1v) is 14.9. The summed E-state index contributed by atoms with van der Waals surface area (Å²) in [5.41, 5.74) is 8.62. The van der Waals surface area contributed by atoms with Gasteiger partial charge in [-0.2, -0.15) is 5.10 Å². The Bertz CT molecular complexity index is 1710. The van der Waals surface area contributed by atoms with Crippen molar-refractivity contribution in [3.63, 3.8) is 0 Å². The van der Waals surface area contributed by atoms with E-state index >= 15 is 0 Å². The van der Waals surface area contributed by atoms with E-state index in [0.29, 0.717) is 28.0 Å². The van der Waals surface area contributed by atoms with Crippen molar-refractivity contribution in [3.8, 4) is 17.0 Å². The lowest BCUT2D eigenvalue weighted by molar-refractivity contribution is 0.0955. The second kappa shape index (κ2) is 13.3. The number of thiazole rings is 1. The molecule has 0 saturated heterocycles. The number of nitrogens with one attached hydrogen (secondary N) is 2. The van der Waals surface area contributed by atoms with Gasteiger partial charge in [0, 0.05) is 37.8 Å². The molecule has 0 atom stereocenters. The van der Waals surface area contributed by atoms with Crippen LogP contribution in [-0.2, 0) is 6.61 Å². The van der Waals surface area contributed by atoms with Gasteiger partial charge in [0.2, 0.25) is 0 Å². The molecule has 5 rings (SSSR count). The van der Waals surface area contributed by atoms with Crippen LogP contribution in [0.5, 0.6) is 5.75 Å². The van der Waals surface area contributed by atoms with Crippen molar-refractivity contribution in [2.45, 2.75) is 13.5 Å². The summed E-state index contributed by atoms with van der Waals surface area (Å²) < 4.78 is 6.62. The summed E-state index contributed by atoms with van der Waals surface area (Å²) in [5.74, 6) is 0.335. The molecule has 5 aromatic rings. The van der Waals surface area contributed by atoms with E-state index in [1.54, 1.807) is 30.5 Å². The number of aryl methyl sites for hydroxylation is 1. The van der Waals surface area contributed by atoms with E-state index in [2.05, 4.69) is 55.8 Å². The maximum atomic E-state index is 12.6. The summed E-state index contributed by atoms with van der Waals surface area (Å²) in [6, 6.07) is 26.2. The topological polar surface area (TPSA) is 75.6 Å². The molecule has 6 nitrogen and oxygen atoms in total. The van der Waals surface area contributed by atoms with Crippen LogP contribution in [0, 0.1) is 6.92 Å². The predicted octanol–water partition coefficient (Wildman–Crippen LogP) is 9.27. The second-order valence-electron chi connectivity index (χ2n) is 9.02. The second-order valence-corrected chi connectivity index (χ2v) is 11.6. The van der Waals surface area contributed by atoms with Crippen LogP contribution in [0.4, 0.5) is 10.8 Å². The van der Waals surface area contributed by atoms with Crippen molar-refractivity contribution in [2.24, 2.45) is 5.10 Å². The molecule has 1 heterocycles. The molecule has 0 aliphatic heterocycles. The summed E-state index contributed by atoms with van der Waals surface area (Å²) in [5, 5.41) is 11.3. The van der Waals surface area contributed by atoms with E-state index in [-0.39, 0.29) is 5.91 Å². The molecule has 0 saturated carbocycles. The van der Waals surface area contributed by atoms with E-state index in [1.807, 2.05) is 53.9 Å². The molecule has 0 bridgehead atoms. The lowest BCUT2D eigenvalue weighted by Crippen LogP contribution is -2.17. The molecule has 1 aromatic heterocycles. The Kier molecular flexibility index (Phi) is 9.36. The van der Waals surface area contributed by atoms with E-state index in [0.717, 1.165) is 37.7 Å². The largest absolute Gasteiger partial charge is 0.488 e. The number of benzene rings is 4. The standard InChI is InChI=1S/C31H23BrCl2N4O2S/c1-19-2-11-25(12-3-19)36-31-37-28(18-41-31)21-5-7-22(8-6-21)30(39)38-35-16-20-4-13-29(26(32)14-20)40-17-23-9-10-24(33)15-27(23)34/h2-16,18H,17H2,1H3,(H,36,37)(H,38,39)/b35-16-. The van der Waals surface area contributed by atoms with Crippen LogP contribution >= 0.6 is 50.5 Å². The van der Waals surface area contributed by atoms with E-state index in [9.17, 15) is 4.79 Å². The van der Waals surface area contributed by atoms with Crippen molar-refractivity contribution in [3.05, 3.63) is 127 Å². The molecular formula is C31H23BrCl2N4O2S. The van der Waals surface area contributed by atoms with Crippen molar-refractivity contribution < 1.29 is 9.53 Å². The first kappa shape index (κ1) is 28.8. The van der Waals surface area contributed by atoms with Gasteiger partial charge < -0.3 is 10.1 Å². The highest BCUT2D eigenvalue weighted by Gasteiger charge is 2.09. The lowest BCUT2D eigenvalue weighted by atomic mass is 10.1. The van der Waals surface area contributed by atoms with Gasteiger partial charge in [0.05, 0.1) is 16.4 Å². The number of nitrogens with zero attached hydrogens (tertiary/aromatic N) is 2. The number of ether oxygens (including phenoxy) is 1. The number of hydrogen-bond acceptors (Lipinski definition) is 6. The summed E-state index contributed by atoms with van der Waals surface area (Å²) in [7, 11) is 0. The molecule has 4 aromatic carbocycles. The predicted molar refractivity (Wildman–Crippen MR) is 172 cm³/mol. The number of halogens is 3. The van der Waals surface area contributed by atoms with Crippen LogP contribution in [0.15, 0.2) is 99.9 Å².